The second-order valence-corrected chi connectivity index (χ2v) is 5.82. The highest BCUT2D eigenvalue weighted by Gasteiger charge is 2.22. The van der Waals surface area contributed by atoms with Crippen LogP contribution in [0.3, 0.4) is 0 Å². The van der Waals surface area contributed by atoms with Crippen molar-refractivity contribution in [3.8, 4) is 11.5 Å². The molecule has 0 saturated heterocycles. The molecule has 0 radical (unpaired) electrons. The number of rotatable bonds is 7. The second kappa shape index (κ2) is 8.60. The Hall–Kier alpha value is -2.20. The molecule has 0 bridgehead atoms. The molecular formula is C19H22ClNO3. The fraction of sp³-hybridized carbons (Fsp3) is 0.316. The van der Waals surface area contributed by atoms with E-state index in [1.54, 1.807) is 19.2 Å². The number of hydrogen-bond acceptors (Lipinski definition) is 3. The Morgan fingerprint density at radius 1 is 1.12 bits per heavy atom. The van der Waals surface area contributed by atoms with E-state index in [1.807, 2.05) is 50.2 Å². The van der Waals surface area contributed by atoms with Crippen molar-refractivity contribution in [2.75, 3.05) is 7.11 Å². The number of amides is 1. The van der Waals surface area contributed by atoms with Crippen molar-refractivity contribution in [3.05, 3.63) is 59.1 Å². The quantitative estimate of drug-likeness (QED) is 0.808. The summed E-state index contributed by atoms with van der Waals surface area (Å²) in [7, 11) is 1.61. The molecule has 128 valence electrons. The van der Waals surface area contributed by atoms with Crippen molar-refractivity contribution in [3.63, 3.8) is 0 Å². The van der Waals surface area contributed by atoms with Crippen LogP contribution in [-0.4, -0.2) is 19.1 Å². The Bertz CT molecular complexity index is 690. The van der Waals surface area contributed by atoms with Gasteiger partial charge in [0.1, 0.15) is 11.5 Å². The molecule has 0 aromatic heterocycles. The predicted octanol–water partition coefficient (Wildman–Crippen LogP) is 4.38. The number of nitrogens with one attached hydrogen (secondary N) is 1. The molecule has 1 N–H and O–H groups in total. The van der Waals surface area contributed by atoms with Gasteiger partial charge in [-0.05, 0) is 31.5 Å². The lowest BCUT2D eigenvalue weighted by atomic mass is 10.1. The summed E-state index contributed by atoms with van der Waals surface area (Å²) in [5, 5.41) is 3.46. The number of carbonyl (C=O) groups is 1. The molecule has 0 aliphatic rings. The van der Waals surface area contributed by atoms with Gasteiger partial charge in [0.15, 0.2) is 6.10 Å². The summed E-state index contributed by atoms with van der Waals surface area (Å²) in [5.74, 6) is 1.06. The standard InChI is InChI=1S/C19H22ClNO3/c1-4-16(24-18-12-8-6-10-15(18)20)19(22)21-13(2)14-9-5-7-11-17(14)23-3/h5-13,16H,4H2,1-3H3,(H,21,22). The lowest BCUT2D eigenvalue weighted by Crippen LogP contribution is -2.39. The summed E-state index contributed by atoms with van der Waals surface area (Å²) in [4.78, 5) is 12.6. The fourth-order valence-electron chi connectivity index (χ4n) is 2.42. The minimum atomic E-state index is -0.609. The largest absolute Gasteiger partial charge is 0.496 e. The van der Waals surface area contributed by atoms with Gasteiger partial charge >= 0.3 is 0 Å². The van der Waals surface area contributed by atoms with Crippen LogP contribution in [0.1, 0.15) is 31.9 Å². The summed E-state index contributed by atoms with van der Waals surface area (Å²) < 4.78 is 11.1. The van der Waals surface area contributed by atoms with Gasteiger partial charge < -0.3 is 14.8 Å². The summed E-state index contributed by atoms with van der Waals surface area (Å²) in [6.45, 7) is 3.81. The number of carbonyl (C=O) groups excluding carboxylic acids is 1. The average Bonchev–Trinajstić information content (AvgIpc) is 2.60. The highest BCUT2D eigenvalue weighted by molar-refractivity contribution is 6.32. The Morgan fingerprint density at radius 2 is 1.75 bits per heavy atom. The maximum atomic E-state index is 12.6. The normalized spacial score (nSPS) is 13.0. The van der Waals surface area contributed by atoms with Crippen molar-refractivity contribution < 1.29 is 14.3 Å². The van der Waals surface area contributed by atoms with Gasteiger partial charge in [-0.2, -0.15) is 0 Å². The average molecular weight is 348 g/mol. The van der Waals surface area contributed by atoms with Gasteiger partial charge in [-0.1, -0.05) is 48.9 Å². The summed E-state index contributed by atoms with van der Waals surface area (Å²) in [5.41, 5.74) is 0.918. The van der Waals surface area contributed by atoms with Crippen LogP contribution >= 0.6 is 11.6 Å². The lowest BCUT2D eigenvalue weighted by Gasteiger charge is -2.22. The molecule has 2 aromatic rings. The van der Waals surface area contributed by atoms with Crippen LogP contribution in [0.15, 0.2) is 48.5 Å². The van der Waals surface area contributed by atoms with E-state index < -0.39 is 6.10 Å². The first-order chi connectivity index (χ1) is 11.6. The smallest absolute Gasteiger partial charge is 0.261 e. The lowest BCUT2D eigenvalue weighted by molar-refractivity contribution is -0.128. The molecule has 0 saturated carbocycles. The van der Waals surface area contributed by atoms with E-state index in [0.29, 0.717) is 17.2 Å². The fourth-order valence-corrected chi connectivity index (χ4v) is 2.60. The van der Waals surface area contributed by atoms with Gasteiger partial charge in [-0.15, -0.1) is 0 Å². The summed E-state index contributed by atoms with van der Waals surface area (Å²) in [6, 6.07) is 14.5. The zero-order chi connectivity index (χ0) is 17.5. The molecule has 2 rings (SSSR count). The molecule has 2 aromatic carbocycles. The highest BCUT2D eigenvalue weighted by Crippen LogP contribution is 2.26. The van der Waals surface area contributed by atoms with Crippen LogP contribution in [0.2, 0.25) is 5.02 Å². The number of para-hydroxylation sites is 2. The van der Waals surface area contributed by atoms with E-state index in [1.165, 1.54) is 0 Å². The van der Waals surface area contributed by atoms with E-state index in [-0.39, 0.29) is 11.9 Å². The van der Waals surface area contributed by atoms with Gasteiger partial charge in [0, 0.05) is 5.56 Å². The minimum Gasteiger partial charge on any atom is -0.496 e. The molecule has 0 aliphatic carbocycles. The molecule has 0 fully saturated rings. The van der Waals surface area contributed by atoms with Crippen molar-refractivity contribution in [2.45, 2.75) is 32.4 Å². The molecule has 2 atom stereocenters. The zero-order valence-corrected chi connectivity index (χ0v) is 14.8. The molecule has 5 heteroatoms. The van der Waals surface area contributed by atoms with Gasteiger partial charge in [0.25, 0.3) is 5.91 Å². The third-order valence-electron chi connectivity index (χ3n) is 3.73. The van der Waals surface area contributed by atoms with Crippen LogP contribution in [0.25, 0.3) is 0 Å². The number of ether oxygens (including phenoxy) is 2. The maximum Gasteiger partial charge on any atom is 0.261 e. The molecule has 24 heavy (non-hydrogen) atoms. The van der Waals surface area contributed by atoms with Gasteiger partial charge in [-0.3, -0.25) is 4.79 Å². The SMILES string of the molecule is CCC(Oc1ccccc1Cl)C(=O)NC(C)c1ccccc1OC. The van der Waals surface area contributed by atoms with Crippen molar-refractivity contribution in [1.29, 1.82) is 0 Å². The van der Waals surface area contributed by atoms with E-state index in [0.717, 1.165) is 11.3 Å². The highest BCUT2D eigenvalue weighted by atomic mass is 35.5. The monoisotopic (exact) mass is 347 g/mol. The number of hydrogen-bond donors (Lipinski definition) is 1. The van der Waals surface area contributed by atoms with Gasteiger partial charge in [-0.25, -0.2) is 0 Å². The first kappa shape index (κ1) is 18.1. The van der Waals surface area contributed by atoms with Crippen molar-refractivity contribution in [2.24, 2.45) is 0 Å². The van der Waals surface area contributed by atoms with E-state index in [2.05, 4.69) is 5.32 Å². The molecule has 2 unspecified atom stereocenters. The molecule has 4 nitrogen and oxygen atoms in total. The van der Waals surface area contributed by atoms with Crippen LogP contribution in [0.5, 0.6) is 11.5 Å². The predicted molar refractivity (Wildman–Crippen MR) is 95.7 cm³/mol. The van der Waals surface area contributed by atoms with Crippen molar-refractivity contribution in [1.82, 2.24) is 5.32 Å². The van der Waals surface area contributed by atoms with Crippen molar-refractivity contribution >= 4 is 17.5 Å². The Kier molecular flexibility index (Phi) is 6.50. The maximum absolute atomic E-state index is 12.6. The molecular weight excluding hydrogens is 326 g/mol. The second-order valence-electron chi connectivity index (χ2n) is 5.42. The molecule has 0 aliphatic heterocycles. The Morgan fingerprint density at radius 3 is 2.38 bits per heavy atom. The Labute approximate surface area is 147 Å². The summed E-state index contributed by atoms with van der Waals surface area (Å²) in [6.07, 6.45) is -0.0718. The first-order valence-electron chi connectivity index (χ1n) is 7.91. The molecule has 0 heterocycles. The topological polar surface area (TPSA) is 47.6 Å². The summed E-state index contributed by atoms with van der Waals surface area (Å²) >= 11 is 6.10. The van der Waals surface area contributed by atoms with E-state index in [9.17, 15) is 4.79 Å². The van der Waals surface area contributed by atoms with Crippen LogP contribution in [0.4, 0.5) is 0 Å². The molecule has 1 amide bonds. The number of methoxy groups -OCH3 is 1. The van der Waals surface area contributed by atoms with Crippen LogP contribution in [-0.2, 0) is 4.79 Å². The zero-order valence-electron chi connectivity index (χ0n) is 14.1. The number of halogens is 1. The van der Waals surface area contributed by atoms with Crippen LogP contribution < -0.4 is 14.8 Å². The third kappa shape index (κ3) is 4.42. The van der Waals surface area contributed by atoms with E-state index >= 15 is 0 Å². The van der Waals surface area contributed by atoms with Gasteiger partial charge in [0.05, 0.1) is 18.2 Å². The molecule has 0 spiro atoms. The van der Waals surface area contributed by atoms with Crippen LogP contribution in [0, 0.1) is 0 Å². The van der Waals surface area contributed by atoms with E-state index in [4.69, 9.17) is 21.1 Å². The van der Waals surface area contributed by atoms with Gasteiger partial charge in [0.2, 0.25) is 0 Å². The minimum absolute atomic E-state index is 0.184. The number of benzene rings is 2. The third-order valence-corrected chi connectivity index (χ3v) is 4.05. The first-order valence-corrected chi connectivity index (χ1v) is 8.29. The Balaban J connectivity index is 2.07.